The van der Waals surface area contributed by atoms with Gasteiger partial charge in [-0.25, -0.2) is 0 Å². The summed E-state index contributed by atoms with van der Waals surface area (Å²) in [5.41, 5.74) is 0. The summed E-state index contributed by atoms with van der Waals surface area (Å²) >= 11 is 0. The maximum atomic E-state index is 10.3. The first-order valence-corrected chi connectivity index (χ1v) is 3.54. The number of carbonyl (C=O) groups is 1. The Bertz CT molecular complexity index is 123. The van der Waals surface area contributed by atoms with Crippen molar-refractivity contribution >= 4 is 5.97 Å². The minimum Gasteiger partial charge on any atom is -0.550 e. The molecule has 0 N–H and O–H groups in total. The number of aliphatic carboxylic acids is 1. The molecule has 0 radical (unpaired) electrons. The van der Waals surface area contributed by atoms with Gasteiger partial charge in [0.1, 0.15) is 0 Å². The third-order valence-electron chi connectivity index (χ3n) is 1.42. The van der Waals surface area contributed by atoms with Gasteiger partial charge in [-0.1, -0.05) is 19.4 Å². The van der Waals surface area contributed by atoms with E-state index in [1.807, 2.05) is 6.92 Å². The molecule has 0 bridgehead atoms. The van der Waals surface area contributed by atoms with Crippen LogP contribution in [0.5, 0.6) is 0 Å². The normalized spacial score (nSPS) is 11.4. The molecule has 0 aliphatic carbocycles. The van der Waals surface area contributed by atoms with Crippen LogP contribution in [-0.2, 0) is 4.79 Å². The largest absolute Gasteiger partial charge is 1.00 e. The van der Waals surface area contributed by atoms with Crippen molar-refractivity contribution in [3.63, 3.8) is 0 Å². The Balaban J connectivity index is 0. The number of rotatable bonds is 5. The molecule has 0 amide bonds. The minimum atomic E-state index is -0.957. The standard InChI is InChI=1S/C8H14O2.Na/c1-3-5-7(6-4-2)8(9)10;/h3,7H,1,4-6H2,2H3,(H,9,10);/q;+1/p-1. The van der Waals surface area contributed by atoms with E-state index >= 15 is 0 Å². The Morgan fingerprint density at radius 3 is 2.55 bits per heavy atom. The Morgan fingerprint density at radius 1 is 1.73 bits per heavy atom. The van der Waals surface area contributed by atoms with Crippen LogP contribution in [0.15, 0.2) is 12.7 Å². The van der Waals surface area contributed by atoms with E-state index in [4.69, 9.17) is 0 Å². The molecule has 0 heterocycles. The number of allylic oxidation sites excluding steroid dienone is 1. The summed E-state index contributed by atoms with van der Waals surface area (Å²) in [6.07, 6.45) is 3.72. The summed E-state index contributed by atoms with van der Waals surface area (Å²) in [7, 11) is 0. The molecule has 0 fully saturated rings. The zero-order valence-electron chi connectivity index (χ0n) is 7.30. The van der Waals surface area contributed by atoms with Gasteiger partial charge in [0.25, 0.3) is 0 Å². The summed E-state index contributed by atoms with van der Waals surface area (Å²) in [4.78, 5) is 10.3. The van der Waals surface area contributed by atoms with Crippen molar-refractivity contribution in [3.8, 4) is 0 Å². The molecule has 0 aromatic rings. The molecule has 0 spiro atoms. The zero-order valence-corrected chi connectivity index (χ0v) is 9.30. The smallest absolute Gasteiger partial charge is 0.550 e. The number of carboxylic acid groups (broad SMARTS) is 1. The maximum Gasteiger partial charge on any atom is 1.00 e. The molecule has 0 aromatic heterocycles. The average Bonchev–Trinajstić information content (AvgIpc) is 1.87. The fourth-order valence-corrected chi connectivity index (χ4v) is 0.882. The van der Waals surface area contributed by atoms with Gasteiger partial charge in [-0.15, -0.1) is 6.58 Å². The molecular formula is C8H13NaO2. The molecule has 3 heteroatoms. The Kier molecular flexibility index (Phi) is 10.4. The van der Waals surface area contributed by atoms with Crippen molar-refractivity contribution in [1.29, 1.82) is 0 Å². The monoisotopic (exact) mass is 164 g/mol. The molecule has 0 aliphatic heterocycles. The van der Waals surface area contributed by atoms with Crippen LogP contribution in [-0.4, -0.2) is 5.97 Å². The third-order valence-corrected chi connectivity index (χ3v) is 1.42. The van der Waals surface area contributed by atoms with E-state index < -0.39 is 5.97 Å². The average molecular weight is 164 g/mol. The molecule has 0 rings (SSSR count). The van der Waals surface area contributed by atoms with Gasteiger partial charge >= 0.3 is 29.6 Å². The van der Waals surface area contributed by atoms with E-state index in [-0.39, 0.29) is 35.5 Å². The molecule has 2 nitrogen and oxygen atoms in total. The molecule has 11 heavy (non-hydrogen) atoms. The molecule has 1 atom stereocenters. The second kappa shape index (κ2) is 8.31. The van der Waals surface area contributed by atoms with Gasteiger partial charge in [-0.3, -0.25) is 0 Å². The molecule has 1 unspecified atom stereocenters. The van der Waals surface area contributed by atoms with Gasteiger partial charge in [0.05, 0.1) is 0 Å². The first-order chi connectivity index (χ1) is 4.72. The van der Waals surface area contributed by atoms with Crippen LogP contribution < -0.4 is 34.7 Å². The van der Waals surface area contributed by atoms with Gasteiger partial charge in [-0.2, -0.15) is 0 Å². The molecule has 0 aliphatic rings. The van der Waals surface area contributed by atoms with Crippen molar-refractivity contribution in [1.82, 2.24) is 0 Å². The van der Waals surface area contributed by atoms with Crippen LogP contribution in [0.25, 0.3) is 0 Å². The van der Waals surface area contributed by atoms with E-state index in [0.717, 1.165) is 6.42 Å². The summed E-state index contributed by atoms with van der Waals surface area (Å²) in [5, 5.41) is 10.3. The van der Waals surface area contributed by atoms with Crippen molar-refractivity contribution in [2.75, 3.05) is 0 Å². The molecule has 58 valence electrons. The molecular weight excluding hydrogens is 151 g/mol. The van der Waals surface area contributed by atoms with Crippen molar-refractivity contribution in [3.05, 3.63) is 12.7 Å². The summed E-state index contributed by atoms with van der Waals surface area (Å²) in [6.45, 7) is 5.43. The van der Waals surface area contributed by atoms with Gasteiger partial charge < -0.3 is 9.90 Å². The third kappa shape index (κ3) is 6.60. The number of hydrogen-bond donors (Lipinski definition) is 0. The summed E-state index contributed by atoms with van der Waals surface area (Å²) in [6, 6.07) is 0. The topological polar surface area (TPSA) is 40.1 Å². The Morgan fingerprint density at radius 2 is 2.27 bits per heavy atom. The van der Waals surface area contributed by atoms with Crippen molar-refractivity contribution in [2.45, 2.75) is 26.2 Å². The van der Waals surface area contributed by atoms with Crippen LogP contribution in [0.4, 0.5) is 0 Å². The molecule has 0 saturated carbocycles. The predicted octanol–water partition coefficient (Wildman–Crippen LogP) is -2.27. The van der Waals surface area contributed by atoms with Gasteiger partial charge in [0, 0.05) is 11.9 Å². The van der Waals surface area contributed by atoms with E-state index in [1.165, 1.54) is 0 Å². The van der Waals surface area contributed by atoms with Crippen LogP contribution in [0.3, 0.4) is 0 Å². The van der Waals surface area contributed by atoms with E-state index in [0.29, 0.717) is 12.8 Å². The Labute approximate surface area is 90.0 Å². The number of carboxylic acids is 1. The fourth-order valence-electron chi connectivity index (χ4n) is 0.882. The summed E-state index contributed by atoms with van der Waals surface area (Å²) in [5.74, 6) is -1.29. The van der Waals surface area contributed by atoms with E-state index in [2.05, 4.69) is 6.58 Å². The second-order valence-corrected chi connectivity index (χ2v) is 2.33. The fraction of sp³-hybridized carbons (Fsp3) is 0.625. The van der Waals surface area contributed by atoms with Crippen molar-refractivity contribution in [2.24, 2.45) is 5.92 Å². The SMILES string of the molecule is C=CCC(CCC)C(=O)[O-].[Na+]. The van der Waals surface area contributed by atoms with Gasteiger partial charge in [-0.05, 0) is 12.8 Å². The second-order valence-electron chi connectivity index (χ2n) is 2.33. The van der Waals surface area contributed by atoms with Crippen molar-refractivity contribution < 1.29 is 39.5 Å². The van der Waals surface area contributed by atoms with Crippen LogP contribution in [0.1, 0.15) is 26.2 Å². The van der Waals surface area contributed by atoms with E-state index in [1.54, 1.807) is 6.08 Å². The van der Waals surface area contributed by atoms with Crippen LogP contribution in [0.2, 0.25) is 0 Å². The van der Waals surface area contributed by atoms with Crippen LogP contribution in [0, 0.1) is 5.92 Å². The van der Waals surface area contributed by atoms with E-state index in [9.17, 15) is 9.90 Å². The van der Waals surface area contributed by atoms with Crippen LogP contribution >= 0.6 is 0 Å². The first-order valence-electron chi connectivity index (χ1n) is 3.54. The summed E-state index contributed by atoms with van der Waals surface area (Å²) < 4.78 is 0. The minimum absolute atomic E-state index is 0. The van der Waals surface area contributed by atoms with Gasteiger partial charge in [0.15, 0.2) is 0 Å². The number of carbonyl (C=O) groups excluding carboxylic acids is 1. The quantitative estimate of drug-likeness (QED) is 0.339. The van der Waals surface area contributed by atoms with Gasteiger partial charge in [0.2, 0.25) is 0 Å². The first kappa shape index (κ1) is 13.8. The number of hydrogen-bond acceptors (Lipinski definition) is 2. The Hall–Kier alpha value is 0.210. The molecule has 0 saturated heterocycles. The molecule has 0 aromatic carbocycles. The predicted molar refractivity (Wildman–Crippen MR) is 38.2 cm³/mol. The maximum absolute atomic E-state index is 10.3. The zero-order chi connectivity index (χ0) is 7.98.